The SMILES string of the molecule is COc1cccc2c1COC[C@]21CNC[C@H]1C(=O)N1CC[C@@H](c2ccccc2)C[C@H]1CC(F)(F)F.[Cl-]. The van der Waals surface area contributed by atoms with Gasteiger partial charge in [-0.05, 0) is 36.0 Å². The van der Waals surface area contributed by atoms with E-state index >= 15 is 0 Å². The van der Waals surface area contributed by atoms with Crippen LogP contribution in [0.2, 0.25) is 0 Å². The summed E-state index contributed by atoms with van der Waals surface area (Å²) in [6.45, 7) is 2.00. The van der Waals surface area contributed by atoms with E-state index in [0.717, 1.165) is 16.7 Å². The summed E-state index contributed by atoms with van der Waals surface area (Å²) in [5.41, 5.74) is 2.32. The molecule has 36 heavy (non-hydrogen) atoms. The Bertz CT molecular complexity index is 1070. The van der Waals surface area contributed by atoms with Gasteiger partial charge in [-0.3, -0.25) is 4.79 Å². The van der Waals surface area contributed by atoms with Gasteiger partial charge in [-0.15, -0.1) is 0 Å². The smallest absolute Gasteiger partial charge is 0.391 e. The predicted molar refractivity (Wildman–Crippen MR) is 125 cm³/mol. The Balaban J connectivity index is 0.00000304. The Morgan fingerprint density at radius 2 is 1.97 bits per heavy atom. The Hall–Kier alpha value is -2.29. The molecule has 0 aliphatic carbocycles. The van der Waals surface area contributed by atoms with Gasteiger partial charge in [0.25, 0.3) is 0 Å². The quantitative estimate of drug-likeness (QED) is 0.658. The van der Waals surface area contributed by atoms with E-state index in [4.69, 9.17) is 9.47 Å². The molecule has 4 atom stereocenters. The molecule has 196 valence electrons. The fourth-order valence-electron chi connectivity index (χ4n) is 6.33. The van der Waals surface area contributed by atoms with Gasteiger partial charge in [0.05, 0.1) is 32.7 Å². The minimum absolute atomic E-state index is 0. The molecule has 2 aromatic rings. The number of amides is 1. The summed E-state index contributed by atoms with van der Waals surface area (Å²) >= 11 is 0. The summed E-state index contributed by atoms with van der Waals surface area (Å²) < 4.78 is 52.4. The van der Waals surface area contributed by atoms with Crippen LogP contribution in [-0.4, -0.2) is 56.4 Å². The summed E-state index contributed by atoms with van der Waals surface area (Å²) in [6.07, 6.45) is -4.38. The van der Waals surface area contributed by atoms with Gasteiger partial charge >= 0.3 is 6.18 Å². The number of nitrogens with one attached hydrogen (secondary N) is 1. The molecule has 0 aromatic heterocycles. The van der Waals surface area contributed by atoms with E-state index in [1.165, 1.54) is 4.90 Å². The Labute approximate surface area is 215 Å². The van der Waals surface area contributed by atoms with Crippen molar-refractivity contribution in [2.24, 2.45) is 5.92 Å². The monoisotopic (exact) mass is 523 g/mol. The highest BCUT2D eigenvalue weighted by atomic mass is 35.5. The first-order chi connectivity index (χ1) is 16.8. The number of carbonyl (C=O) groups excluding carboxylic acids is 1. The normalized spacial score (nSPS) is 27.9. The van der Waals surface area contributed by atoms with Crippen molar-refractivity contribution in [2.45, 2.75) is 49.4 Å². The maximum absolute atomic E-state index is 14.0. The minimum atomic E-state index is -4.35. The molecule has 0 radical (unpaired) electrons. The van der Waals surface area contributed by atoms with E-state index < -0.39 is 30.0 Å². The largest absolute Gasteiger partial charge is 1.00 e. The van der Waals surface area contributed by atoms with Crippen LogP contribution < -0.4 is 22.5 Å². The summed E-state index contributed by atoms with van der Waals surface area (Å²) in [6, 6.07) is 14.6. The first-order valence-corrected chi connectivity index (χ1v) is 12.2. The molecule has 2 saturated heterocycles. The number of alkyl halides is 3. The second-order valence-electron chi connectivity index (χ2n) is 9.96. The fourth-order valence-corrected chi connectivity index (χ4v) is 6.33. The average molecular weight is 524 g/mol. The number of hydrogen-bond donors (Lipinski definition) is 1. The molecule has 0 saturated carbocycles. The number of methoxy groups -OCH3 is 1. The van der Waals surface area contributed by atoms with Crippen molar-refractivity contribution in [3.8, 4) is 5.75 Å². The molecule has 1 amide bonds. The van der Waals surface area contributed by atoms with Crippen LogP contribution in [0.5, 0.6) is 5.75 Å². The molecular weight excluding hydrogens is 493 g/mol. The lowest BCUT2D eigenvalue weighted by Gasteiger charge is -2.45. The zero-order valence-corrected chi connectivity index (χ0v) is 20.9. The van der Waals surface area contributed by atoms with Crippen LogP contribution >= 0.6 is 0 Å². The molecule has 3 aliphatic heterocycles. The molecule has 0 bridgehead atoms. The van der Waals surface area contributed by atoms with E-state index in [9.17, 15) is 18.0 Å². The number of fused-ring (bicyclic) bond motifs is 2. The number of halogens is 4. The minimum Gasteiger partial charge on any atom is -1.00 e. The third-order valence-corrected chi connectivity index (χ3v) is 7.99. The molecule has 3 heterocycles. The van der Waals surface area contributed by atoms with Crippen molar-refractivity contribution >= 4 is 5.91 Å². The molecule has 1 spiro atoms. The standard InChI is InChI=1S/C27H31F3N2O3.ClH/c1-34-24-9-5-8-22-21(24)15-35-17-26(22)16-31-14-23(26)25(33)32-11-10-19(18-6-3-2-4-7-18)12-20(32)13-27(28,29)30;/h2-9,19-20,23,31H,10-17H2,1H3;1H/p-1/t19-,20+,23+,26-;/m1./s1. The zero-order chi connectivity index (χ0) is 24.6. The summed E-state index contributed by atoms with van der Waals surface area (Å²) in [5.74, 6) is -0.00254. The lowest BCUT2D eigenvalue weighted by molar-refractivity contribution is -0.161. The highest BCUT2D eigenvalue weighted by molar-refractivity contribution is 5.82. The number of nitrogens with zero attached hydrogens (tertiary/aromatic N) is 1. The lowest BCUT2D eigenvalue weighted by atomic mass is 9.69. The second-order valence-corrected chi connectivity index (χ2v) is 9.96. The Morgan fingerprint density at radius 3 is 2.69 bits per heavy atom. The van der Waals surface area contributed by atoms with E-state index in [0.29, 0.717) is 51.4 Å². The number of ether oxygens (including phenoxy) is 2. The fraction of sp³-hybridized carbons (Fsp3) is 0.519. The average Bonchev–Trinajstić information content (AvgIpc) is 3.27. The van der Waals surface area contributed by atoms with Gasteiger partial charge in [-0.25, -0.2) is 0 Å². The van der Waals surface area contributed by atoms with Crippen LogP contribution in [0.1, 0.15) is 41.9 Å². The summed E-state index contributed by atoms with van der Waals surface area (Å²) in [7, 11) is 1.60. The van der Waals surface area contributed by atoms with Gasteiger partial charge in [0.2, 0.25) is 5.91 Å². The van der Waals surface area contributed by atoms with E-state index in [1.54, 1.807) is 7.11 Å². The van der Waals surface area contributed by atoms with Crippen LogP contribution in [0.3, 0.4) is 0 Å². The summed E-state index contributed by atoms with van der Waals surface area (Å²) in [4.78, 5) is 15.5. The summed E-state index contributed by atoms with van der Waals surface area (Å²) in [5, 5.41) is 3.34. The van der Waals surface area contributed by atoms with Crippen molar-refractivity contribution in [3.63, 3.8) is 0 Å². The van der Waals surface area contributed by atoms with Crippen molar-refractivity contribution in [1.82, 2.24) is 10.2 Å². The van der Waals surface area contributed by atoms with Gasteiger partial charge in [-0.2, -0.15) is 13.2 Å². The highest BCUT2D eigenvalue weighted by Gasteiger charge is 2.53. The molecule has 5 rings (SSSR count). The van der Waals surface area contributed by atoms with Crippen LogP contribution in [0.25, 0.3) is 0 Å². The van der Waals surface area contributed by atoms with Crippen LogP contribution in [0, 0.1) is 5.92 Å². The molecule has 1 N–H and O–H groups in total. The first kappa shape index (κ1) is 26.8. The van der Waals surface area contributed by atoms with E-state index in [2.05, 4.69) is 5.32 Å². The van der Waals surface area contributed by atoms with Crippen LogP contribution in [0.4, 0.5) is 13.2 Å². The molecule has 3 aliphatic rings. The molecule has 2 fully saturated rings. The van der Waals surface area contributed by atoms with Crippen LogP contribution in [0.15, 0.2) is 48.5 Å². The molecule has 9 heteroatoms. The van der Waals surface area contributed by atoms with Gasteiger partial charge < -0.3 is 32.1 Å². The number of piperidine rings is 1. The maximum Gasteiger partial charge on any atom is 0.391 e. The molecule has 2 aromatic carbocycles. The first-order valence-electron chi connectivity index (χ1n) is 12.2. The van der Waals surface area contributed by atoms with Crippen molar-refractivity contribution in [3.05, 3.63) is 65.2 Å². The topological polar surface area (TPSA) is 50.8 Å². The maximum atomic E-state index is 14.0. The number of benzene rings is 2. The Kier molecular flexibility index (Phi) is 7.88. The van der Waals surface area contributed by atoms with E-state index in [1.807, 2.05) is 48.5 Å². The van der Waals surface area contributed by atoms with Gasteiger partial charge in [0.1, 0.15) is 5.75 Å². The van der Waals surface area contributed by atoms with Crippen molar-refractivity contribution in [2.75, 3.05) is 33.4 Å². The number of hydrogen-bond acceptors (Lipinski definition) is 4. The molecule has 0 unspecified atom stereocenters. The van der Waals surface area contributed by atoms with Crippen molar-refractivity contribution in [1.29, 1.82) is 0 Å². The van der Waals surface area contributed by atoms with Crippen molar-refractivity contribution < 1.29 is 39.8 Å². The molecule has 5 nitrogen and oxygen atoms in total. The predicted octanol–water partition coefficient (Wildman–Crippen LogP) is 1.41. The number of carbonyl (C=O) groups is 1. The lowest BCUT2D eigenvalue weighted by Crippen LogP contribution is -3.00. The van der Waals surface area contributed by atoms with Gasteiger partial charge in [0.15, 0.2) is 0 Å². The highest BCUT2D eigenvalue weighted by Crippen LogP contribution is 2.46. The zero-order valence-electron chi connectivity index (χ0n) is 20.2. The van der Waals surface area contributed by atoms with E-state index in [-0.39, 0.29) is 24.2 Å². The van der Waals surface area contributed by atoms with Crippen LogP contribution in [-0.2, 0) is 21.6 Å². The van der Waals surface area contributed by atoms with Gasteiger partial charge in [0, 0.05) is 36.7 Å². The third-order valence-electron chi connectivity index (χ3n) is 7.99. The third kappa shape index (κ3) is 4.95. The second kappa shape index (κ2) is 10.6. The number of rotatable bonds is 4. The Morgan fingerprint density at radius 1 is 1.19 bits per heavy atom. The number of likely N-dealkylation sites (tertiary alicyclic amines) is 1. The van der Waals surface area contributed by atoms with Gasteiger partial charge in [-0.1, -0.05) is 42.5 Å². The molecular formula is C27H31ClF3N2O3-.